The van der Waals surface area contributed by atoms with Gasteiger partial charge < -0.3 is 14.5 Å². The molecule has 7 heteroatoms. The molecular weight excluding hydrogens is 388 g/mol. The molecular formula is C22H24N2O4S. The summed E-state index contributed by atoms with van der Waals surface area (Å²) >= 11 is 1.62. The molecule has 1 amide bonds. The van der Waals surface area contributed by atoms with E-state index >= 15 is 0 Å². The number of thiophene rings is 1. The Morgan fingerprint density at radius 2 is 1.93 bits per heavy atom. The molecule has 0 spiro atoms. The summed E-state index contributed by atoms with van der Waals surface area (Å²) < 4.78 is 10.9. The summed E-state index contributed by atoms with van der Waals surface area (Å²) in [5, 5.41) is 4.91. The molecule has 6 nitrogen and oxygen atoms in total. The standard InChI is InChI=1S/C22H24N2O4S/c1-3-27-22(26)17-8-6-16(7-9-17)20-11-10-18(28-20)14-24(2)15-21(25)23-13-19-5-4-12-29-19/h4-12H,3,13-15H2,1-2H3,(H,23,25). The smallest absolute Gasteiger partial charge is 0.338 e. The van der Waals surface area contributed by atoms with Crippen molar-refractivity contribution in [1.29, 1.82) is 0 Å². The minimum atomic E-state index is -0.335. The Morgan fingerprint density at radius 3 is 2.62 bits per heavy atom. The molecule has 0 aliphatic heterocycles. The summed E-state index contributed by atoms with van der Waals surface area (Å²) in [4.78, 5) is 26.8. The lowest BCUT2D eigenvalue weighted by Crippen LogP contribution is -2.34. The average Bonchev–Trinajstić information content (AvgIpc) is 3.39. The molecule has 0 unspecified atom stereocenters. The fraction of sp³-hybridized carbons (Fsp3) is 0.273. The van der Waals surface area contributed by atoms with Gasteiger partial charge in [0.2, 0.25) is 5.91 Å². The first kappa shape index (κ1) is 20.8. The van der Waals surface area contributed by atoms with Crippen LogP contribution in [0, 0.1) is 0 Å². The van der Waals surface area contributed by atoms with E-state index in [2.05, 4.69) is 5.32 Å². The third-order valence-corrected chi connectivity index (χ3v) is 5.10. The van der Waals surface area contributed by atoms with Crippen molar-refractivity contribution in [2.24, 2.45) is 0 Å². The van der Waals surface area contributed by atoms with Crippen molar-refractivity contribution in [1.82, 2.24) is 10.2 Å². The maximum absolute atomic E-state index is 12.1. The minimum Gasteiger partial charge on any atom is -0.462 e. The van der Waals surface area contributed by atoms with Gasteiger partial charge in [-0.3, -0.25) is 9.69 Å². The van der Waals surface area contributed by atoms with Crippen LogP contribution in [-0.4, -0.2) is 37.0 Å². The van der Waals surface area contributed by atoms with Gasteiger partial charge in [0.25, 0.3) is 0 Å². The number of carbonyl (C=O) groups excluding carboxylic acids is 2. The third kappa shape index (κ3) is 6.04. The molecule has 0 saturated heterocycles. The first-order chi connectivity index (χ1) is 14.0. The Hall–Kier alpha value is -2.90. The van der Waals surface area contributed by atoms with Gasteiger partial charge >= 0.3 is 5.97 Å². The number of amides is 1. The fourth-order valence-electron chi connectivity index (χ4n) is 2.82. The van der Waals surface area contributed by atoms with E-state index in [9.17, 15) is 9.59 Å². The van der Waals surface area contributed by atoms with Crippen LogP contribution >= 0.6 is 11.3 Å². The predicted octanol–water partition coefficient (Wildman–Crippen LogP) is 3.93. The number of hydrogen-bond donors (Lipinski definition) is 1. The zero-order chi connectivity index (χ0) is 20.6. The molecule has 1 aromatic carbocycles. The number of furan rings is 1. The van der Waals surface area contributed by atoms with E-state index in [0.29, 0.717) is 31.0 Å². The summed E-state index contributed by atoms with van der Waals surface area (Å²) in [6, 6.07) is 14.9. The van der Waals surface area contributed by atoms with Crippen LogP contribution in [0.4, 0.5) is 0 Å². The highest BCUT2D eigenvalue weighted by atomic mass is 32.1. The van der Waals surface area contributed by atoms with E-state index in [1.165, 1.54) is 0 Å². The number of benzene rings is 1. The summed E-state index contributed by atoms with van der Waals surface area (Å²) in [6.07, 6.45) is 0. The van der Waals surface area contributed by atoms with Crippen molar-refractivity contribution < 1.29 is 18.7 Å². The van der Waals surface area contributed by atoms with E-state index in [1.807, 2.05) is 53.7 Å². The molecule has 0 fully saturated rings. The number of hydrogen-bond acceptors (Lipinski definition) is 6. The van der Waals surface area contributed by atoms with Gasteiger partial charge in [-0.25, -0.2) is 4.79 Å². The van der Waals surface area contributed by atoms with Crippen molar-refractivity contribution in [3.05, 3.63) is 70.1 Å². The Kier molecular flexibility index (Phi) is 7.21. The van der Waals surface area contributed by atoms with Crippen LogP contribution in [0.1, 0.15) is 27.9 Å². The molecule has 3 aromatic rings. The van der Waals surface area contributed by atoms with Crippen molar-refractivity contribution >= 4 is 23.2 Å². The second-order valence-corrected chi connectivity index (χ2v) is 7.62. The lowest BCUT2D eigenvalue weighted by atomic mass is 10.1. The first-order valence-electron chi connectivity index (χ1n) is 9.39. The van der Waals surface area contributed by atoms with Crippen LogP contribution in [0.3, 0.4) is 0 Å². The maximum Gasteiger partial charge on any atom is 0.338 e. The Morgan fingerprint density at radius 1 is 1.14 bits per heavy atom. The zero-order valence-corrected chi connectivity index (χ0v) is 17.3. The van der Waals surface area contributed by atoms with E-state index in [4.69, 9.17) is 9.15 Å². The maximum atomic E-state index is 12.1. The second kappa shape index (κ2) is 10.0. The van der Waals surface area contributed by atoms with E-state index in [0.717, 1.165) is 16.2 Å². The molecule has 2 heterocycles. The molecule has 0 saturated carbocycles. The number of esters is 1. The largest absolute Gasteiger partial charge is 0.462 e. The van der Waals surface area contributed by atoms with Gasteiger partial charge in [0.05, 0.1) is 31.8 Å². The minimum absolute atomic E-state index is 0.0257. The molecule has 29 heavy (non-hydrogen) atoms. The van der Waals surface area contributed by atoms with Gasteiger partial charge in [-0.05, 0) is 49.7 Å². The van der Waals surface area contributed by atoms with E-state index < -0.39 is 0 Å². The highest BCUT2D eigenvalue weighted by Crippen LogP contribution is 2.23. The average molecular weight is 413 g/mol. The fourth-order valence-corrected chi connectivity index (χ4v) is 3.47. The van der Waals surface area contributed by atoms with E-state index in [-0.39, 0.29) is 18.4 Å². The number of likely N-dealkylation sites (N-methyl/N-ethyl adjacent to an activating group) is 1. The number of ether oxygens (including phenoxy) is 1. The van der Waals surface area contributed by atoms with Gasteiger partial charge in [-0.1, -0.05) is 18.2 Å². The zero-order valence-electron chi connectivity index (χ0n) is 16.5. The van der Waals surface area contributed by atoms with Gasteiger partial charge in [0, 0.05) is 10.4 Å². The van der Waals surface area contributed by atoms with Crippen molar-refractivity contribution in [3.63, 3.8) is 0 Å². The topological polar surface area (TPSA) is 71.8 Å². The molecule has 2 aromatic heterocycles. The normalized spacial score (nSPS) is 10.9. The van der Waals surface area contributed by atoms with Crippen LogP contribution in [-0.2, 0) is 22.6 Å². The van der Waals surface area contributed by atoms with E-state index in [1.54, 1.807) is 30.4 Å². The molecule has 0 bridgehead atoms. The summed E-state index contributed by atoms with van der Waals surface area (Å²) in [5.74, 6) is 1.12. The monoisotopic (exact) mass is 412 g/mol. The summed E-state index contributed by atoms with van der Waals surface area (Å²) in [5.41, 5.74) is 1.39. The molecule has 3 rings (SSSR count). The Balaban J connectivity index is 1.51. The molecule has 152 valence electrons. The SMILES string of the molecule is CCOC(=O)c1ccc(-c2ccc(CN(C)CC(=O)NCc3cccs3)o2)cc1. The molecule has 1 N–H and O–H groups in total. The second-order valence-electron chi connectivity index (χ2n) is 6.59. The number of rotatable bonds is 9. The molecule has 0 aliphatic carbocycles. The summed E-state index contributed by atoms with van der Waals surface area (Å²) in [6.45, 7) is 3.49. The number of nitrogens with zero attached hydrogens (tertiary/aromatic N) is 1. The third-order valence-electron chi connectivity index (χ3n) is 4.22. The number of carbonyl (C=O) groups is 2. The molecule has 0 radical (unpaired) electrons. The van der Waals surface area contributed by atoms with Crippen LogP contribution in [0.25, 0.3) is 11.3 Å². The van der Waals surface area contributed by atoms with Gasteiger partial charge in [0.1, 0.15) is 11.5 Å². The van der Waals surface area contributed by atoms with Crippen molar-refractivity contribution in [2.75, 3.05) is 20.2 Å². The number of nitrogens with one attached hydrogen (secondary N) is 1. The highest BCUT2D eigenvalue weighted by molar-refractivity contribution is 7.09. The molecule has 0 aliphatic rings. The van der Waals surface area contributed by atoms with Gasteiger partial charge in [-0.2, -0.15) is 0 Å². The van der Waals surface area contributed by atoms with Crippen molar-refractivity contribution in [3.8, 4) is 11.3 Å². The Labute approximate surface area is 174 Å². The van der Waals surface area contributed by atoms with Gasteiger partial charge in [-0.15, -0.1) is 11.3 Å². The quantitative estimate of drug-likeness (QED) is 0.539. The summed E-state index contributed by atoms with van der Waals surface area (Å²) in [7, 11) is 1.88. The van der Waals surface area contributed by atoms with Crippen LogP contribution in [0.5, 0.6) is 0 Å². The van der Waals surface area contributed by atoms with Crippen LogP contribution in [0.15, 0.2) is 58.3 Å². The Bertz CT molecular complexity index is 932. The lowest BCUT2D eigenvalue weighted by molar-refractivity contribution is -0.122. The predicted molar refractivity (Wildman–Crippen MR) is 113 cm³/mol. The lowest BCUT2D eigenvalue weighted by Gasteiger charge is -2.14. The molecule has 0 atom stereocenters. The van der Waals surface area contributed by atoms with Crippen LogP contribution < -0.4 is 5.32 Å². The van der Waals surface area contributed by atoms with Crippen molar-refractivity contribution in [2.45, 2.75) is 20.0 Å². The first-order valence-corrected chi connectivity index (χ1v) is 10.3. The highest BCUT2D eigenvalue weighted by Gasteiger charge is 2.12. The van der Waals surface area contributed by atoms with Gasteiger partial charge in [0.15, 0.2) is 0 Å². The van der Waals surface area contributed by atoms with Crippen LogP contribution in [0.2, 0.25) is 0 Å².